The third-order valence-corrected chi connectivity index (χ3v) is 5.21. The van der Waals surface area contributed by atoms with E-state index in [1.54, 1.807) is 18.2 Å². The van der Waals surface area contributed by atoms with Crippen LogP contribution < -0.4 is 5.32 Å². The molecule has 10 heteroatoms. The van der Waals surface area contributed by atoms with E-state index in [0.29, 0.717) is 6.42 Å². The summed E-state index contributed by atoms with van der Waals surface area (Å²) in [7, 11) is -3.92. The molecule has 136 valence electrons. The molecule has 0 saturated carbocycles. The fourth-order valence-corrected chi connectivity index (χ4v) is 3.87. The van der Waals surface area contributed by atoms with Gasteiger partial charge in [-0.05, 0) is 18.1 Å². The van der Waals surface area contributed by atoms with E-state index in [-0.39, 0.29) is 39.9 Å². The monoisotopic (exact) mass is 405 g/mol. The molecule has 1 heterocycles. The Labute approximate surface area is 155 Å². The summed E-state index contributed by atoms with van der Waals surface area (Å²) in [4.78, 5) is 11.6. The Morgan fingerprint density at radius 2 is 1.88 bits per heavy atom. The molecule has 0 spiro atoms. The lowest BCUT2D eigenvalue weighted by Gasteiger charge is -2.05. The normalized spacial score (nSPS) is 11.7. The molecule has 0 radical (unpaired) electrons. The maximum Gasteiger partial charge on any atom is 0.335 e. The van der Waals surface area contributed by atoms with Crippen molar-refractivity contribution >= 4 is 38.9 Å². The predicted octanol–water partition coefficient (Wildman–Crippen LogP) is 3.01. The molecule has 0 aliphatic carbocycles. The van der Waals surface area contributed by atoms with Gasteiger partial charge in [-0.25, -0.2) is 8.42 Å². The van der Waals surface area contributed by atoms with Crippen molar-refractivity contribution in [2.75, 3.05) is 0 Å². The third kappa shape index (κ3) is 5.42. The lowest BCUT2D eigenvalue weighted by molar-refractivity contribution is -0.122. The van der Waals surface area contributed by atoms with Crippen molar-refractivity contribution in [1.29, 1.82) is 0 Å². The standard InChI is InChI=1S/C15H17Cl2N3O4S/c1-9(2)6-13(21)18-7-14-19-20-15(24-14)25(22,23)8-10-11(16)4-3-5-12(10)17/h3-5,9H,6-8H2,1-2H3,(H,18,21). The average molecular weight is 406 g/mol. The lowest BCUT2D eigenvalue weighted by Crippen LogP contribution is -2.24. The van der Waals surface area contributed by atoms with E-state index in [4.69, 9.17) is 27.6 Å². The van der Waals surface area contributed by atoms with Crippen LogP contribution in [-0.2, 0) is 26.9 Å². The van der Waals surface area contributed by atoms with Crippen LogP contribution in [0, 0.1) is 5.92 Å². The Balaban J connectivity index is 2.09. The first-order valence-corrected chi connectivity index (χ1v) is 9.84. The summed E-state index contributed by atoms with van der Waals surface area (Å²) >= 11 is 12.0. The molecule has 0 aliphatic heterocycles. The minimum Gasteiger partial charge on any atom is -0.411 e. The third-order valence-electron chi connectivity index (χ3n) is 3.14. The van der Waals surface area contributed by atoms with Crippen LogP contribution in [0.15, 0.2) is 27.8 Å². The van der Waals surface area contributed by atoms with Gasteiger partial charge in [-0.2, -0.15) is 0 Å². The van der Waals surface area contributed by atoms with E-state index in [9.17, 15) is 13.2 Å². The van der Waals surface area contributed by atoms with Crippen molar-refractivity contribution in [3.05, 3.63) is 39.7 Å². The van der Waals surface area contributed by atoms with Crippen molar-refractivity contribution in [1.82, 2.24) is 15.5 Å². The largest absolute Gasteiger partial charge is 0.411 e. The van der Waals surface area contributed by atoms with Crippen LogP contribution >= 0.6 is 23.2 Å². The first-order chi connectivity index (χ1) is 11.7. The van der Waals surface area contributed by atoms with Crippen molar-refractivity contribution in [2.24, 2.45) is 5.92 Å². The predicted molar refractivity (Wildman–Crippen MR) is 93.0 cm³/mol. The van der Waals surface area contributed by atoms with E-state index in [0.717, 1.165) is 0 Å². The number of carbonyl (C=O) groups is 1. The molecule has 1 N–H and O–H groups in total. The molecule has 7 nitrogen and oxygen atoms in total. The van der Waals surface area contributed by atoms with Crippen LogP contribution in [-0.4, -0.2) is 24.5 Å². The molecule has 2 aromatic rings. The summed E-state index contributed by atoms with van der Waals surface area (Å²) in [6.45, 7) is 3.79. The second kappa shape index (κ2) is 8.16. The van der Waals surface area contributed by atoms with E-state index >= 15 is 0 Å². The molecular formula is C15H17Cl2N3O4S. The summed E-state index contributed by atoms with van der Waals surface area (Å²) in [6, 6.07) is 4.70. The van der Waals surface area contributed by atoms with Gasteiger partial charge in [0.05, 0.1) is 12.3 Å². The number of halogens is 2. The molecule has 1 aromatic heterocycles. The number of aromatic nitrogens is 2. The Morgan fingerprint density at radius 3 is 2.48 bits per heavy atom. The quantitative estimate of drug-likeness (QED) is 0.759. The Morgan fingerprint density at radius 1 is 1.24 bits per heavy atom. The van der Waals surface area contributed by atoms with Crippen LogP contribution in [0.4, 0.5) is 0 Å². The maximum atomic E-state index is 12.4. The van der Waals surface area contributed by atoms with Gasteiger partial charge in [0.1, 0.15) is 0 Å². The van der Waals surface area contributed by atoms with Crippen LogP contribution in [0.3, 0.4) is 0 Å². The number of nitrogens with one attached hydrogen (secondary N) is 1. The van der Waals surface area contributed by atoms with Crippen LogP contribution in [0.5, 0.6) is 0 Å². The SMILES string of the molecule is CC(C)CC(=O)NCc1nnc(S(=O)(=O)Cc2c(Cl)cccc2Cl)o1. The van der Waals surface area contributed by atoms with Gasteiger partial charge in [0, 0.05) is 22.0 Å². The Kier molecular flexibility index (Phi) is 6.42. The summed E-state index contributed by atoms with van der Waals surface area (Å²) in [5.74, 6) is -0.437. The number of hydrogen-bond donors (Lipinski definition) is 1. The molecule has 25 heavy (non-hydrogen) atoms. The highest BCUT2D eigenvalue weighted by Gasteiger charge is 2.25. The number of benzene rings is 1. The van der Waals surface area contributed by atoms with Gasteiger partial charge >= 0.3 is 5.22 Å². The molecule has 0 unspecified atom stereocenters. The zero-order chi connectivity index (χ0) is 18.6. The molecule has 0 aliphatic rings. The highest BCUT2D eigenvalue weighted by molar-refractivity contribution is 7.90. The number of amides is 1. The van der Waals surface area contributed by atoms with E-state index < -0.39 is 20.8 Å². The zero-order valence-electron chi connectivity index (χ0n) is 13.6. The zero-order valence-corrected chi connectivity index (χ0v) is 16.0. The highest BCUT2D eigenvalue weighted by atomic mass is 35.5. The summed E-state index contributed by atoms with van der Waals surface area (Å²) < 4.78 is 29.9. The first-order valence-electron chi connectivity index (χ1n) is 7.43. The smallest absolute Gasteiger partial charge is 0.335 e. The molecular weight excluding hydrogens is 389 g/mol. The number of carbonyl (C=O) groups excluding carboxylic acids is 1. The molecule has 0 atom stereocenters. The molecule has 1 aromatic carbocycles. The summed E-state index contributed by atoms with van der Waals surface area (Å²) in [5.41, 5.74) is 0.260. The van der Waals surface area contributed by atoms with Crippen molar-refractivity contribution in [2.45, 2.75) is 37.8 Å². The molecule has 1 amide bonds. The summed E-state index contributed by atoms with van der Waals surface area (Å²) in [6.07, 6.45) is 0.351. The van der Waals surface area contributed by atoms with Gasteiger partial charge in [-0.3, -0.25) is 4.79 Å². The van der Waals surface area contributed by atoms with Gasteiger partial charge in [-0.1, -0.05) is 48.2 Å². The van der Waals surface area contributed by atoms with Crippen molar-refractivity contribution < 1.29 is 17.6 Å². The second-order valence-corrected chi connectivity index (χ2v) is 8.48. The fourth-order valence-electron chi connectivity index (χ4n) is 1.97. The number of sulfone groups is 1. The Bertz CT molecular complexity index is 845. The highest BCUT2D eigenvalue weighted by Crippen LogP contribution is 2.28. The molecule has 0 bridgehead atoms. The van der Waals surface area contributed by atoms with Gasteiger partial charge in [0.2, 0.25) is 21.6 Å². The van der Waals surface area contributed by atoms with Gasteiger partial charge in [0.25, 0.3) is 0 Å². The summed E-state index contributed by atoms with van der Waals surface area (Å²) in [5, 5.41) is 9.70. The molecule has 2 rings (SSSR count). The van der Waals surface area contributed by atoms with E-state index in [1.807, 2.05) is 13.8 Å². The number of nitrogens with zero attached hydrogens (tertiary/aromatic N) is 2. The van der Waals surface area contributed by atoms with Crippen LogP contribution in [0.1, 0.15) is 31.7 Å². The average Bonchev–Trinajstić information content (AvgIpc) is 2.98. The van der Waals surface area contributed by atoms with Gasteiger partial charge in [-0.15, -0.1) is 5.10 Å². The fraction of sp³-hybridized carbons (Fsp3) is 0.400. The molecule has 0 fully saturated rings. The lowest BCUT2D eigenvalue weighted by atomic mass is 10.1. The van der Waals surface area contributed by atoms with Crippen molar-refractivity contribution in [3.63, 3.8) is 0 Å². The second-order valence-electron chi connectivity index (χ2n) is 5.80. The number of hydrogen-bond acceptors (Lipinski definition) is 6. The first kappa shape index (κ1) is 19.7. The minimum absolute atomic E-state index is 0.000867. The number of rotatable bonds is 7. The van der Waals surface area contributed by atoms with E-state index in [1.165, 1.54) is 0 Å². The minimum atomic E-state index is -3.92. The van der Waals surface area contributed by atoms with Crippen LogP contribution in [0.2, 0.25) is 10.0 Å². The van der Waals surface area contributed by atoms with E-state index in [2.05, 4.69) is 15.5 Å². The van der Waals surface area contributed by atoms with Gasteiger partial charge in [0.15, 0.2) is 0 Å². The Hall–Kier alpha value is -1.64. The topological polar surface area (TPSA) is 102 Å². The van der Waals surface area contributed by atoms with Gasteiger partial charge < -0.3 is 9.73 Å². The molecule has 0 saturated heterocycles. The maximum absolute atomic E-state index is 12.4. The van der Waals surface area contributed by atoms with Crippen LogP contribution in [0.25, 0.3) is 0 Å². The van der Waals surface area contributed by atoms with Crippen molar-refractivity contribution in [3.8, 4) is 0 Å².